The van der Waals surface area contributed by atoms with Crippen LogP contribution in [-0.4, -0.2) is 10.1 Å². The van der Waals surface area contributed by atoms with Gasteiger partial charge in [0.1, 0.15) is 0 Å². The van der Waals surface area contributed by atoms with Gasteiger partial charge in [-0.2, -0.15) is 4.98 Å². The van der Waals surface area contributed by atoms with Crippen LogP contribution in [0.15, 0.2) is 40.9 Å². The number of aromatic nitrogens is 2. The maximum atomic E-state index is 5.94. The van der Waals surface area contributed by atoms with Crippen molar-refractivity contribution in [1.29, 1.82) is 0 Å². The Morgan fingerprint density at radius 1 is 1.06 bits per heavy atom. The van der Waals surface area contributed by atoms with Crippen molar-refractivity contribution >= 4 is 16.5 Å². The third-order valence-corrected chi connectivity index (χ3v) is 2.72. The van der Waals surface area contributed by atoms with Crippen LogP contribution >= 0.6 is 0 Å². The number of nitrogens with zero attached hydrogens (tertiary/aromatic N) is 2. The van der Waals surface area contributed by atoms with Crippen molar-refractivity contribution < 1.29 is 4.52 Å². The molecule has 0 aliphatic heterocycles. The number of rotatable bonds is 1. The van der Waals surface area contributed by atoms with Crippen molar-refractivity contribution in [1.82, 2.24) is 10.1 Å². The van der Waals surface area contributed by atoms with Gasteiger partial charge in [-0.05, 0) is 11.5 Å². The predicted octanol–water partition coefficient (Wildman–Crippen LogP) is 2.78. The molecule has 0 spiro atoms. The van der Waals surface area contributed by atoms with Crippen molar-refractivity contribution in [3.63, 3.8) is 0 Å². The molecule has 3 rings (SSSR count). The third-order valence-electron chi connectivity index (χ3n) is 2.72. The number of hydrogen-bond acceptors (Lipinski definition) is 4. The molecule has 2 N–H and O–H groups in total. The summed E-state index contributed by atoms with van der Waals surface area (Å²) in [5.74, 6) is 1.15. The second kappa shape index (κ2) is 3.59. The Hall–Kier alpha value is -2.36. The van der Waals surface area contributed by atoms with Crippen LogP contribution in [-0.2, 0) is 0 Å². The van der Waals surface area contributed by atoms with Crippen molar-refractivity contribution in [2.24, 2.45) is 0 Å². The molecule has 0 amide bonds. The van der Waals surface area contributed by atoms with Gasteiger partial charge in [-0.15, -0.1) is 0 Å². The standard InChI is InChI=1S/C13H11N3O/c1-8-15-13(16-17-8)11-6-2-5-10-9(11)4-3-7-12(10)14/h2-7H,14H2,1H3. The molecule has 0 bridgehead atoms. The molecule has 0 atom stereocenters. The Labute approximate surface area is 98.1 Å². The van der Waals surface area contributed by atoms with Crippen LogP contribution in [0, 0.1) is 6.92 Å². The predicted molar refractivity (Wildman–Crippen MR) is 66.4 cm³/mol. The van der Waals surface area contributed by atoms with E-state index in [4.69, 9.17) is 10.3 Å². The van der Waals surface area contributed by atoms with E-state index in [0.29, 0.717) is 11.7 Å². The Morgan fingerprint density at radius 3 is 2.59 bits per heavy atom. The number of nitrogen functional groups attached to an aromatic ring is 1. The first-order valence-corrected chi connectivity index (χ1v) is 5.33. The lowest BCUT2D eigenvalue weighted by molar-refractivity contribution is 0.394. The minimum Gasteiger partial charge on any atom is -0.398 e. The fraction of sp³-hybridized carbons (Fsp3) is 0.0769. The Morgan fingerprint density at radius 2 is 1.82 bits per heavy atom. The van der Waals surface area contributed by atoms with E-state index in [9.17, 15) is 0 Å². The average Bonchev–Trinajstić information content (AvgIpc) is 2.76. The molecule has 1 aromatic heterocycles. The van der Waals surface area contributed by atoms with Crippen molar-refractivity contribution in [2.45, 2.75) is 6.92 Å². The third kappa shape index (κ3) is 1.54. The zero-order valence-corrected chi connectivity index (χ0v) is 9.34. The number of nitrogens with two attached hydrogens (primary N) is 1. The minimum absolute atomic E-state index is 0.556. The zero-order valence-electron chi connectivity index (χ0n) is 9.34. The lowest BCUT2D eigenvalue weighted by Gasteiger charge is -2.04. The summed E-state index contributed by atoms with van der Waals surface area (Å²) in [5.41, 5.74) is 7.64. The van der Waals surface area contributed by atoms with Crippen LogP contribution in [0.2, 0.25) is 0 Å². The van der Waals surface area contributed by atoms with Crippen molar-refractivity contribution in [2.75, 3.05) is 5.73 Å². The lowest BCUT2D eigenvalue weighted by Crippen LogP contribution is -1.89. The second-order valence-electron chi connectivity index (χ2n) is 3.88. The summed E-state index contributed by atoms with van der Waals surface area (Å²) in [5, 5.41) is 5.98. The quantitative estimate of drug-likeness (QED) is 0.647. The van der Waals surface area contributed by atoms with E-state index in [1.807, 2.05) is 36.4 Å². The van der Waals surface area contributed by atoms with Gasteiger partial charge < -0.3 is 10.3 Å². The molecule has 4 nitrogen and oxygen atoms in total. The Bertz CT molecular complexity index is 688. The molecular formula is C13H11N3O. The van der Waals surface area contributed by atoms with Gasteiger partial charge in [0.25, 0.3) is 0 Å². The highest BCUT2D eigenvalue weighted by Crippen LogP contribution is 2.29. The first-order valence-electron chi connectivity index (χ1n) is 5.33. The maximum absolute atomic E-state index is 5.94. The molecule has 0 radical (unpaired) electrons. The van der Waals surface area contributed by atoms with E-state index >= 15 is 0 Å². The largest absolute Gasteiger partial charge is 0.398 e. The van der Waals surface area contributed by atoms with E-state index in [1.165, 1.54) is 0 Å². The van der Waals surface area contributed by atoms with E-state index in [0.717, 1.165) is 22.0 Å². The summed E-state index contributed by atoms with van der Waals surface area (Å²) >= 11 is 0. The number of benzene rings is 2. The van der Waals surface area contributed by atoms with E-state index in [2.05, 4.69) is 10.1 Å². The van der Waals surface area contributed by atoms with Crippen LogP contribution in [0.5, 0.6) is 0 Å². The summed E-state index contributed by atoms with van der Waals surface area (Å²) in [7, 11) is 0. The molecule has 84 valence electrons. The van der Waals surface area contributed by atoms with E-state index in [1.54, 1.807) is 6.92 Å². The molecule has 0 aliphatic carbocycles. The minimum atomic E-state index is 0.556. The first kappa shape index (κ1) is 9.84. The Kier molecular flexibility index (Phi) is 2.08. The van der Waals surface area contributed by atoms with Gasteiger partial charge in [0.05, 0.1) is 0 Å². The molecule has 0 saturated carbocycles. The van der Waals surface area contributed by atoms with Crippen LogP contribution in [0.4, 0.5) is 5.69 Å². The van der Waals surface area contributed by atoms with Crippen LogP contribution in [0.1, 0.15) is 5.89 Å². The summed E-state index contributed by atoms with van der Waals surface area (Å²) < 4.78 is 5.01. The van der Waals surface area contributed by atoms with Gasteiger partial charge in [-0.25, -0.2) is 0 Å². The zero-order chi connectivity index (χ0) is 11.8. The highest BCUT2D eigenvalue weighted by molar-refractivity contribution is 6.01. The molecule has 0 saturated heterocycles. The number of aryl methyl sites for hydroxylation is 1. The molecule has 3 aromatic rings. The Balaban J connectivity index is 2.34. The highest BCUT2D eigenvalue weighted by atomic mass is 16.5. The highest BCUT2D eigenvalue weighted by Gasteiger charge is 2.10. The fourth-order valence-corrected chi connectivity index (χ4v) is 1.94. The van der Waals surface area contributed by atoms with Crippen LogP contribution < -0.4 is 5.73 Å². The van der Waals surface area contributed by atoms with Gasteiger partial charge in [0, 0.05) is 23.6 Å². The monoisotopic (exact) mass is 225 g/mol. The normalized spacial score (nSPS) is 10.9. The average molecular weight is 225 g/mol. The summed E-state index contributed by atoms with van der Waals surface area (Å²) in [6.45, 7) is 1.77. The van der Waals surface area contributed by atoms with Gasteiger partial charge in [0.15, 0.2) is 0 Å². The fourth-order valence-electron chi connectivity index (χ4n) is 1.94. The summed E-state index contributed by atoms with van der Waals surface area (Å²) in [6, 6.07) is 11.7. The second-order valence-corrected chi connectivity index (χ2v) is 3.88. The van der Waals surface area contributed by atoms with Gasteiger partial charge in [-0.3, -0.25) is 0 Å². The number of fused-ring (bicyclic) bond motifs is 1. The molecule has 1 heterocycles. The van der Waals surface area contributed by atoms with E-state index < -0.39 is 0 Å². The topological polar surface area (TPSA) is 64.9 Å². The van der Waals surface area contributed by atoms with Gasteiger partial charge >= 0.3 is 0 Å². The molecule has 0 unspecified atom stereocenters. The summed E-state index contributed by atoms with van der Waals surface area (Å²) in [6.07, 6.45) is 0. The lowest BCUT2D eigenvalue weighted by atomic mass is 10.0. The molecular weight excluding hydrogens is 214 g/mol. The first-order chi connectivity index (χ1) is 8.25. The van der Waals surface area contributed by atoms with Crippen molar-refractivity contribution in [3.05, 3.63) is 42.3 Å². The molecule has 4 heteroatoms. The molecule has 0 fully saturated rings. The van der Waals surface area contributed by atoms with Crippen molar-refractivity contribution in [3.8, 4) is 11.4 Å². The molecule has 0 aliphatic rings. The SMILES string of the molecule is Cc1nc(-c2cccc3c(N)cccc23)no1. The van der Waals surface area contributed by atoms with E-state index in [-0.39, 0.29) is 0 Å². The number of anilines is 1. The number of hydrogen-bond donors (Lipinski definition) is 1. The maximum Gasteiger partial charge on any atom is 0.223 e. The smallest absolute Gasteiger partial charge is 0.223 e. The molecule has 2 aromatic carbocycles. The van der Waals surface area contributed by atoms with Crippen LogP contribution in [0.3, 0.4) is 0 Å². The van der Waals surface area contributed by atoms with Gasteiger partial charge in [-0.1, -0.05) is 35.5 Å². The molecule has 17 heavy (non-hydrogen) atoms. The van der Waals surface area contributed by atoms with Gasteiger partial charge in [0.2, 0.25) is 11.7 Å². The van der Waals surface area contributed by atoms with Crippen LogP contribution in [0.25, 0.3) is 22.2 Å². The summed E-state index contributed by atoms with van der Waals surface area (Å²) in [4.78, 5) is 4.24.